The van der Waals surface area contributed by atoms with E-state index in [0.717, 1.165) is 11.3 Å². The molecule has 0 aliphatic carbocycles. The van der Waals surface area contributed by atoms with Crippen LogP contribution in [0.4, 0.5) is 5.69 Å². The standard InChI is InChI=1S/C18H19NO3S/c1-19(2)16-11-8-15(9-12-16)10-13-17(20)14-23(21,22)18-6-4-3-5-7-18/h3-13H,14H2,1-2H3. The summed E-state index contributed by atoms with van der Waals surface area (Å²) in [5, 5.41) is 0. The van der Waals surface area contributed by atoms with Gasteiger partial charge in [-0.15, -0.1) is 0 Å². The molecule has 0 radical (unpaired) electrons. The molecule has 2 aromatic rings. The first-order valence-electron chi connectivity index (χ1n) is 7.14. The molecule has 0 N–H and O–H groups in total. The lowest BCUT2D eigenvalue weighted by molar-refractivity contribution is -0.112. The van der Waals surface area contributed by atoms with Crippen molar-refractivity contribution in [1.29, 1.82) is 0 Å². The third-order valence-electron chi connectivity index (χ3n) is 3.31. The lowest BCUT2D eigenvalue weighted by atomic mass is 10.2. The summed E-state index contributed by atoms with van der Waals surface area (Å²) in [6.07, 6.45) is 2.94. The number of sulfone groups is 1. The number of carbonyl (C=O) groups excluding carboxylic acids is 1. The molecule has 0 bridgehead atoms. The van der Waals surface area contributed by atoms with Crippen molar-refractivity contribution in [1.82, 2.24) is 0 Å². The van der Waals surface area contributed by atoms with Gasteiger partial charge in [-0.1, -0.05) is 36.4 Å². The molecule has 0 unspecified atom stereocenters. The highest BCUT2D eigenvalue weighted by Gasteiger charge is 2.17. The number of anilines is 1. The van der Waals surface area contributed by atoms with Crippen LogP contribution in [0.15, 0.2) is 65.6 Å². The van der Waals surface area contributed by atoms with Crippen molar-refractivity contribution in [3.8, 4) is 0 Å². The summed E-state index contributed by atoms with van der Waals surface area (Å²) < 4.78 is 24.2. The predicted molar refractivity (Wildman–Crippen MR) is 93.3 cm³/mol. The number of benzene rings is 2. The van der Waals surface area contributed by atoms with E-state index in [2.05, 4.69) is 0 Å². The van der Waals surface area contributed by atoms with Crippen molar-refractivity contribution in [2.45, 2.75) is 4.90 Å². The first kappa shape index (κ1) is 17.0. The van der Waals surface area contributed by atoms with Crippen LogP contribution in [0.25, 0.3) is 6.08 Å². The Labute approximate surface area is 137 Å². The Bertz CT molecular complexity index is 792. The van der Waals surface area contributed by atoms with Crippen LogP contribution in [-0.4, -0.2) is 34.0 Å². The fourth-order valence-electron chi connectivity index (χ4n) is 2.02. The van der Waals surface area contributed by atoms with Crippen molar-refractivity contribution in [3.05, 3.63) is 66.2 Å². The van der Waals surface area contributed by atoms with Crippen LogP contribution in [0.5, 0.6) is 0 Å². The van der Waals surface area contributed by atoms with E-state index in [9.17, 15) is 13.2 Å². The molecular weight excluding hydrogens is 310 g/mol. The summed E-state index contributed by atoms with van der Waals surface area (Å²) in [5.74, 6) is -0.964. The van der Waals surface area contributed by atoms with Gasteiger partial charge in [0.05, 0.1) is 4.90 Å². The summed E-state index contributed by atoms with van der Waals surface area (Å²) in [6, 6.07) is 15.6. The molecule has 0 aliphatic rings. The average molecular weight is 329 g/mol. The van der Waals surface area contributed by atoms with Crippen LogP contribution in [0, 0.1) is 0 Å². The first-order valence-corrected chi connectivity index (χ1v) is 8.80. The van der Waals surface area contributed by atoms with Gasteiger partial charge in [0.15, 0.2) is 15.6 Å². The Balaban J connectivity index is 2.04. The average Bonchev–Trinajstić information content (AvgIpc) is 2.54. The van der Waals surface area contributed by atoms with E-state index < -0.39 is 21.4 Å². The Morgan fingerprint density at radius 1 is 1.00 bits per heavy atom. The topological polar surface area (TPSA) is 54.5 Å². The normalized spacial score (nSPS) is 11.6. The fraction of sp³-hybridized carbons (Fsp3) is 0.167. The van der Waals surface area contributed by atoms with E-state index in [1.165, 1.54) is 18.2 Å². The molecule has 0 saturated heterocycles. The Kier molecular flexibility index (Phi) is 5.34. The van der Waals surface area contributed by atoms with Gasteiger partial charge < -0.3 is 4.90 Å². The van der Waals surface area contributed by atoms with Gasteiger partial charge in [-0.25, -0.2) is 8.42 Å². The first-order chi connectivity index (χ1) is 10.9. The second-order valence-electron chi connectivity index (χ2n) is 5.36. The molecule has 0 amide bonds. The maximum atomic E-state index is 12.1. The molecule has 4 nitrogen and oxygen atoms in total. The predicted octanol–water partition coefficient (Wildman–Crippen LogP) is 2.81. The van der Waals surface area contributed by atoms with Gasteiger partial charge >= 0.3 is 0 Å². The van der Waals surface area contributed by atoms with Gasteiger partial charge in [0.2, 0.25) is 0 Å². The minimum absolute atomic E-state index is 0.164. The number of rotatable bonds is 6. The molecule has 23 heavy (non-hydrogen) atoms. The molecule has 120 valence electrons. The number of carbonyl (C=O) groups is 1. The number of nitrogens with zero attached hydrogens (tertiary/aromatic N) is 1. The largest absolute Gasteiger partial charge is 0.378 e. The zero-order valence-electron chi connectivity index (χ0n) is 13.1. The summed E-state index contributed by atoms with van der Waals surface area (Å²) in [7, 11) is 0.305. The van der Waals surface area contributed by atoms with Gasteiger partial charge in [-0.2, -0.15) is 0 Å². The van der Waals surface area contributed by atoms with Gasteiger partial charge in [0, 0.05) is 19.8 Å². The Morgan fingerprint density at radius 2 is 1.61 bits per heavy atom. The fourth-order valence-corrected chi connectivity index (χ4v) is 3.23. The zero-order chi connectivity index (χ0) is 16.9. The van der Waals surface area contributed by atoms with E-state index in [0.29, 0.717) is 0 Å². The van der Waals surface area contributed by atoms with Crippen molar-refractivity contribution in [3.63, 3.8) is 0 Å². The van der Waals surface area contributed by atoms with Gasteiger partial charge in [0.1, 0.15) is 5.75 Å². The molecular formula is C18H19NO3S. The number of ketones is 1. The highest BCUT2D eigenvalue weighted by molar-refractivity contribution is 7.92. The van der Waals surface area contributed by atoms with E-state index >= 15 is 0 Å². The SMILES string of the molecule is CN(C)c1ccc(C=CC(=O)CS(=O)(=O)c2ccccc2)cc1. The van der Waals surface area contributed by atoms with Crippen LogP contribution < -0.4 is 4.90 Å². The van der Waals surface area contributed by atoms with Crippen LogP contribution in [-0.2, 0) is 14.6 Å². The lowest BCUT2D eigenvalue weighted by Gasteiger charge is -2.11. The highest BCUT2D eigenvalue weighted by atomic mass is 32.2. The lowest BCUT2D eigenvalue weighted by Crippen LogP contribution is -2.14. The summed E-state index contributed by atoms with van der Waals surface area (Å²) in [6.45, 7) is 0. The van der Waals surface area contributed by atoms with Crippen molar-refractivity contribution >= 4 is 27.4 Å². The second-order valence-corrected chi connectivity index (χ2v) is 7.35. The number of hydrogen-bond acceptors (Lipinski definition) is 4. The molecule has 0 atom stereocenters. The third kappa shape index (κ3) is 4.79. The molecule has 0 aromatic heterocycles. The third-order valence-corrected chi connectivity index (χ3v) is 4.96. The molecule has 0 spiro atoms. The van der Waals surface area contributed by atoms with E-state index in [-0.39, 0.29) is 4.90 Å². The van der Waals surface area contributed by atoms with E-state index in [1.54, 1.807) is 24.3 Å². The van der Waals surface area contributed by atoms with E-state index in [4.69, 9.17) is 0 Å². The van der Waals surface area contributed by atoms with Crippen molar-refractivity contribution in [2.24, 2.45) is 0 Å². The number of hydrogen-bond donors (Lipinski definition) is 0. The second kappa shape index (κ2) is 7.24. The van der Waals surface area contributed by atoms with Crippen LogP contribution in [0.2, 0.25) is 0 Å². The molecule has 5 heteroatoms. The minimum atomic E-state index is -3.59. The minimum Gasteiger partial charge on any atom is -0.378 e. The van der Waals surface area contributed by atoms with Gasteiger partial charge in [-0.3, -0.25) is 4.79 Å². The molecule has 2 aromatic carbocycles. The van der Waals surface area contributed by atoms with Gasteiger partial charge in [-0.05, 0) is 35.9 Å². The Morgan fingerprint density at radius 3 is 2.17 bits per heavy atom. The molecule has 0 heterocycles. The zero-order valence-corrected chi connectivity index (χ0v) is 14.0. The van der Waals surface area contributed by atoms with Crippen LogP contribution in [0.3, 0.4) is 0 Å². The smallest absolute Gasteiger partial charge is 0.185 e. The summed E-state index contributed by atoms with van der Waals surface area (Å²) in [4.78, 5) is 14.0. The maximum absolute atomic E-state index is 12.1. The number of allylic oxidation sites excluding steroid dienone is 1. The Hall–Kier alpha value is -2.40. The van der Waals surface area contributed by atoms with Crippen molar-refractivity contribution in [2.75, 3.05) is 24.7 Å². The van der Waals surface area contributed by atoms with Crippen molar-refractivity contribution < 1.29 is 13.2 Å². The summed E-state index contributed by atoms with van der Waals surface area (Å²) >= 11 is 0. The van der Waals surface area contributed by atoms with Crippen LogP contribution >= 0.6 is 0 Å². The van der Waals surface area contributed by atoms with E-state index in [1.807, 2.05) is 43.3 Å². The quantitative estimate of drug-likeness (QED) is 0.765. The molecule has 2 rings (SSSR count). The highest BCUT2D eigenvalue weighted by Crippen LogP contribution is 2.14. The molecule has 0 saturated carbocycles. The maximum Gasteiger partial charge on any atom is 0.185 e. The monoisotopic (exact) mass is 329 g/mol. The molecule has 0 fully saturated rings. The summed E-state index contributed by atoms with van der Waals surface area (Å²) in [5.41, 5.74) is 1.90. The van der Waals surface area contributed by atoms with Crippen LogP contribution in [0.1, 0.15) is 5.56 Å². The van der Waals surface area contributed by atoms with Gasteiger partial charge in [0.25, 0.3) is 0 Å². The molecule has 0 aliphatic heterocycles.